The fourth-order valence-electron chi connectivity index (χ4n) is 3.55. The molecule has 0 aliphatic heterocycles. The van der Waals surface area contributed by atoms with Crippen LogP contribution in [0.1, 0.15) is 36.8 Å². The van der Waals surface area contributed by atoms with Crippen LogP contribution >= 0.6 is 0 Å². The zero-order valence-corrected chi connectivity index (χ0v) is 16.7. The number of hydrogen-bond acceptors (Lipinski definition) is 1. The van der Waals surface area contributed by atoms with Crippen LogP contribution in [0.15, 0.2) is 60.8 Å². The standard InChI is InChI=1S/C23H22N.Ir/c1-2-4-8-21-17-22(15-12-18(21)7-3-1)19-10-13-20(14-11-19)23-9-5-6-16-24-23;/h5-6,9-13,15-17H,1-4,7-8H2;/q-1;. The van der Waals surface area contributed by atoms with Crippen LogP contribution in [0.2, 0.25) is 0 Å². The molecule has 1 nitrogen and oxygen atoms in total. The Balaban J connectivity index is 0.00000182. The van der Waals surface area contributed by atoms with E-state index < -0.39 is 0 Å². The predicted octanol–water partition coefficient (Wildman–Crippen LogP) is 5.87. The molecular weight excluding hydrogens is 482 g/mol. The zero-order chi connectivity index (χ0) is 16.2. The Kier molecular flexibility index (Phi) is 6.18. The number of aryl methyl sites for hydroxylation is 2. The van der Waals surface area contributed by atoms with Crippen LogP contribution in [0.25, 0.3) is 22.4 Å². The van der Waals surface area contributed by atoms with Gasteiger partial charge in [-0.05, 0) is 48.6 Å². The van der Waals surface area contributed by atoms with Gasteiger partial charge in [-0.3, -0.25) is 0 Å². The second-order valence-electron chi connectivity index (χ2n) is 6.60. The number of pyridine rings is 1. The first-order chi connectivity index (χ1) is 11.9. The number of nitrogens with zero attached hydrogens (tertiary/aromatic N) is 1. The van der Waals surface area contributed by atoms with Gasteiger partial charge >= 0.3 is 0 Å². The van der Waals surface area contributed by atoms with Crippen molar-refractivity contribution >= 4 is 0 Å². The molecule has 0 saturated heterocycles. The number of hydrogen-bond donors (Lipinski definition) is 0. The summed E-state index contributed by atoms with van der Waals surface area (Å²) in [5.41, 5.74) is 7.65. The van der Waals surface area contributed by atoms with Gasteiger partial charge in [0.05, 0.1) is 0 Å². The van der Waals surface area contributed by atoms with Gasteiger partial charge in [-0.25, -0.2) is 0 Å². The third-order valence-electron chi connectivity index (χ3n) is 4.94. The molecule has 2 heteroatoms. The molecule has 129 valence electrons. The summed E-state index contributed by atoms with van der Waals surface area (Å²) in [6.45, 7) is 0. The minimum atomic E-state index is 0. The maximum absolute atomic E-state index is 4.40. The fraction of sp³-hybridized carbons (Fsp3) is 0.261. The molecule has 1 heterocycles. The number of rotatable bonds is 2. The van der Waals surface area contributed by atoms with Crippen LogP contribution in [-0.4, -0.2) is 4.98 Å². The van der Waals surface area contributed by atoms with Gasteiger partial charge in [-0.15, -0.1) is 29.8 Å². The average Bonchev–Trinajstić information content (AvgIpc) is 2.63. The molecule has 0 atom stereocenters. The van der Waals surface area contributed by atoms with Gasteiger partial charge in [-0.2, -0.15) is 0 Å². The van der Waals surface area contributed by atoms with E-state index in [4.69, 9.17) is 0 Å². The molecule has 1 radical (unpaired) electrons. The van der Waals surface area contributed by atoms with E-state index in [1.165, 1.54) is 49.7 Å². The summed E-state index contributed by atoms with van der Waals surface area (Å²) in [4.78, 5) is 4.40. The number of benzene rings is 2. The second kappa shape index (κ2) is 8.56. The Bertz CT molecular complexity index is 809. The quantitative estimate of drug-likeness (QED) is 0.398. The predicted molar refractivity (Wildman–Crippen MR) is 99.8 cm³/mol. The van der Waals surface area contributed by atoms with E-state index >= 15 is 0 Å². The van der Waals surface area contributed by atoms with Crippen molar-refractivity contribution in [3.8, 4) is 22.4 Å². The summed E-state index contributed by atoms with van der Waals surface area (Å²) in [5, 5.41) is 0. The van der Waals surface area contributed by atoms with Gasteiger partial charge in [0.1, 0.15) is 0 Å². The molecule has 1 aliphatic rings. The first-order valence-electron chi connectivity index (χ1n) is 8.95. The van der Waals surface area contributed by atoms with Crippen molar-refractivity contribution in [2.45, 2.75) is 38.5 Å². The van der Waals surface area contributed by atoms with E-state index in [-0.39, 0.29) is 20.1 Å². The van der Waals surface area contributed by atoms with Gasteiger partial charge in [-0.1, -0.05) is 54.3 Å². The SMILES string of the molecule is [Ir].[c-]1cc(-c2ccc3c(c2)CCCCCC3)ccc1-c1ccccn1. The molecule has 0 unspecified atom stereocenters. The number of fused-ring (bicyclic) bond motifs is 1. The molecule has 0 bridgehead atoms. The normalized spacial score (nSPS) is 13.9. The third kappa shape index (κ3) is 4.26. The van der Waals surface area contributed by atoms with Crippen molar-refractivity contribution in [3.63, 3.8) is 0 Å². The minimum absolute atomic E-state index is 0. The van der Waals surface area contributed by atoms with E-state index in [0.29, 0.717) is 0 Å². The topological polar surface area (TPSA) is 12.9 Å². The summed E-state index contributed by atoms with van der Waals surface area (Å²) in [7, 11) is 0. The smallest absolute Gasteiger partial charge is 0.0160 e. The van der Waals surface area contributed by atoms with Crippen LogP contribution < -0.4 is 0 Å². The summed E-state index contributed by atoms with van der Waals surface area (Å²) < 4.78 is 0. The summed E-state index contributed by atoms with van der Waals surface area (Å²) in [5.74, 6) is 0. The van der Waals surface area contributed by atoms with E-state index in [1.807, 2.05) is 24.4 Å². The molecule has 0 N–H and O–H groups in total. The first-order valence-corrected chi connectivity index (χ1v) is 8.95. The summed E-state index contributed by atoms with van der Waals surface area (Å²) in [6, 6.07) is 22.8. The van der Waals surface area contributed by atoms with Crippen LogP contribution in [0.4, 0.5) is 0 Å². The molecule has 0 fully saturated rings. The molecule has 0 saturated carbocycles. The van der Waals surface area contributed by atoms with Gasteiger partial charge in [0.2, 0.25) is 0 Å². The van der Waals surface area contributed by atoms with Crippen molar-refractivity contribution in [2.75, 3.05) is 0 Å². The molecule has 1 aromatic heterocycles. The second-order valence-corrected chi connectivity index (χ2v) is 6.60. The van der Waals surface area contributed by atoms with Gasteiger partial charge in [0, 0.05) is 26.3 Å². The molecule has 25 heavy (non-hydrogen) atoms. The Hall–Kier alpha value is -1.76. The van der Waals surface area contributed by atoms with Crippen molar-refractivity contribution < 1.29 is 20.1 Å². The molecule has 0 amide bonds. The van der Waals surface area contributed by atoms with E-state index in [1.54, 1.807) is 11.1 Å². The summed E-state index contributed by atoms with van der Waals surface area (Å²) >= 11 is 0. The zero-order valence-electron chi connectivity index (χ0n) is 14.3. The van der Waals surface area contributed by atoms with Crippen molar-refractivity contribution in [3.05, 3.63) is 78.0 Å². The first kappa shape index (κ1) is 18.0. The Morgan fingerprint density at radius 1 is 0.760 bits per heavy atom. The van der Waals surface area contributed by atoms with Crippen LogP contribution in [0.5, 0.6) is 0 Å². The Morgan fingerprint density at radius 2 is 1.56 bits per heavy atom. The Labute approximate surface area is 163 Å². The van der Waals surface area contributed by atoms with Crippen molar-refractivity contribution in [2.24, 2.45) is 0 Å². The third-order valence-corrected chi connectivity index (χ3v) is 4.94. The van der Waals surface area contributed by atoms with Crippen LogP contribution in [0, 0.1) is 6.07 Å². The van der Waals surface area contributed by atoms with E-state index in [9.17, 15) is 0 Å². The molecule has 1 aliphatic carbocycles. The van der Waals surface area contributed by atoms with Crippen molar-refractivity contribution in [1.29, 1.82) is 0 Å². The summed E-state index contributed by atoms with van der Waals surface area (Å²) in [6.07, 6.45) is 9.69. The monoisotopic (exact) mass is 505 g/mol. The molecule has 3 aromatic rings. The molecular formula is C23H22IrN-. The minimum Gasteiger partial charge on any atom is -0.305 e. The number of aromatic nitrogens is 1. The van der Waals surface area contributed by atoms with Gasteiger partial charge < -0.3 is 4.98 Å². The van der Waals surface area contributed by atoms with E-state index in [2.05, 4.69) is 47.4 Å². The van der Waals surface area contributed by atoms with Gasteiger partial charge in [0.15, 0.2) is 0 Å². The maximum Gasteiger partial charge on any atom is 0.0160 e. The fourth-order valence-corrected chi connectivity index (χ4v) is 3.55. The largest absolute Gasteiger partial charge is 0.305 e. The molecule has 0 spiro atoms. The van der Waals surface area contributed by atoms with E-state index in [0.717, 1.165) is 11.3 Å². The molecule has 4 rings (SSSR count). The maximum atomic E-state index is 4.40. The van der Waals surface area contributed by atoms with Gasteiger partial charge in [0.25, 0.3) is 0 Å². The van der Waals surface area contributed by atoms with Crippen molar-refractivity contribution in [1.82, 2.24) is 4.98 Å². The van der Waals surface area contributed by atoms with Crippen LogP contribution in [0.3, 0.4) is 0 Å². The molecule has 2 aromatic carbocycles. The average molecular weight is 505 g/mol. The van der Waals surface area contributed by atoms with Crippen LogP contribution in [-0.2, 0) is 32.9 Å². The Morgan fingerprint density at radius 3 is 2.28 bits per heavy atom.